The third-order valence-corrected chi connectivity index (χ3v) is 2.48. The number of nitrogens with zero attached hydrogens (tertiary/aromatic N) is 1. The summed E-state index contributed by atoms with van der Waals surface area (Å²) < 4.78 is 10.5. The van der Waals surface area contributed by atoms with Crippen LogP contribution >= 0.6 is 35.6 Å². The van der Waals surface area contributed by atoms with Gasteiger partial charge in [0.25, 0.3) is 0 Å². The second-order valence-corrected chi connectivity index (χ2v) is 4.51. The van der Waals surface area contributed by atoms with Crippen LogP contribution in [0.4, 0.5) is 0 Å². The monoisotopic (exact) mass is 413 g/mol. The van der Waals surface area contributed by atoms with Gasteiger partial charge in [-0.1, -0.05) is 17.7 Å². The van der Waals surface area contributed by atoms with Gasteiger partial charge in [0.15, 0.2) is 5.96 Å². The molecule has 1 unspecified atom stereocenters. The Morgan fingerprint density at radius 1 is 1.50 bits per heavy atom. The summed E-state index contributed by atoms with van der Waals surface area (Å²) in [6, 6.07) is 7.36. The SMILES string of the molecule is COCC(C)NC(N)=NCCOc1cccc(Cl)c1.I. The number of hydrogen-bond acceptors (Lipinski definition) is 3. The molecule has 0 saturated heterocycles. The lowest BCUT2D eigenvalue weighted by Gasteiger charge is -2.13. The predicted octanol–water partition coefficient (Wildman–Crippen LogP) is 2.28. The third-order valence-electron chi connectivity index (χ3n) is 2.25. The van der Waals surface area contributed by atoms with E-state index in [2.05, 4.69) is 10.3 Å². The van der Waals surface area contributed by atoms with Crippen molar-refractivity contribution in [1.29, 1.82) is 0 Å². The van der Waals surface area contributed by atoms with E-state index in [9.17, 15) is 0 Å². The minimum absolute atomic E-state index is 0. The zero-order valence-corrected chi connectivity index (χ0v) is 14.7. The maximum absolute atomic E-state index is 5.85. The number of hydrogen-bond donors (Lipinski definition) is 2. The summed E-state index contributed by atoms with van der Waals surface area (Å²) in [6.45, 7) is 3.47. The van der Waals surface area contributed by atoms with E-state index in [0.29, 0.717) is 30.7 Å². The first-order valence-electron chi connectivity index (χ1n) is 6.05. The van der Waals surface area contributed by atoms with Crippen LogP contribution in [0.1, 0.15) is 6.92 Å². The van der Waals surface area contributed by atoms with Crippen LogP contribution in [0, 0.1) is 0 Å². The maximum Gasteiger partial charge on any atom is 0.188 e. The van der Waals surface area contributed by atoms with E-state index in [0.717, 1.165) is 5.75 Å². The van der Waals surface area contributed by atoms with Gasteiger partial charge in [-0.3, -0.25) is 0 Å². The molecule has 1 rings (SSSR count). The molecule has 0 radical (unpaired) electrons. The van der Waals surface area contributed by atoms with E-state index < -0.39 is 0 Å². The van der Waals surface area contributed by atoms with E-state index in [1.807, 2.05) is 19.1 Å². The molecule has 5 nitrogen and oxygen atoms in total. The van der Waals surface area contributed by atoms with E-state index in [1.165, 1.54) is 0 Å². The highest BCUT2D eigenvalue weighted by Gasteiger charge is 2.01. The second kappa shape index (κ2) is 11.0. The van der Waals surface area contributed by atoms with Crippen molar-refractivity contribution in [3.05, 3.63) is 29.3 Å². The van der Waals surface area contributed by atoms with Gasteiger partial charge in [0, 0.05) is 18.2 Å². The molecular formula is C13H21ClIN3O2. The lowest BCUT2D eigenvalue weighted by molar-refractivity contribution is 0.179. The molecule has 1 atom stereocenters. The van der Waals surface area contributed by atoms with Gasteiger partial charge in [-0.25, -0.2) is 4.99 Å². The van der Waals surface area contributed by atoms with Gasteiger partial charge in [-0.15, -0.1) is 24.0 Å². The third kappa shape index (κ3) is 8.44. The minimum Gasteiger partial charge on any atom is -0.492 e. The number of ether oxygens (including phenoxy) is 2. The first-order valence-corrected chi connectivity index (χ1v) is 6.43. The molecule has 0 bridgehead atoms. The van der Waals surface area contributed by atoms with Crippen LogP contribution in [0.15, 0.2) is 29.3 Å². The number of benzene rings is 1. The van der Waals surface area contributed by atoms with Crippen molar-refractivity contribution in [1.82, 2.24) is 5.32 Å². The summed E-state index contributed by atoms with van der Waals surface area (Å²) in [5, 5.41) is 3.66. The quantitative estimate of drug-likeness (QED) is 0.311. The van der Waals surface area contributed by atoms with Crippen LogP contribution in [-0.2, 0) is 4.74 Å². The molecule has 0 saturated carbocycles. The number of methoxy groups -OCH3 is 1. The number of guanidine groups is 1. The number of aliphatic imine (C=N–C) groups is 1. The Kier molecular flexibility index (Phi) is 10.6. The van der Waals surface area contributed by atoms with Crippen molar-refractivity contribution in [2.45, 2.75) is 13.0 Å². The van der Waals surface area contributed by atoms with Gasteiger partial charge < -0.3 is 20.5 Å². The van der Waals surface area contributed by atoms with Crippen molar-refractivity contribution in [3.8, 4) is 5.75 Å². The topological polar surface area (TPSA) is 68.9 Å². The number of rotatable bonds is 7. The fourth-order valence-electron chi connectivity index (χ4n) is 1.48. The molecule has 0 aromatic heterocycles. The zero-order valence-electron chi connectivity index (χ0n) is 11.6. The normalized spacial score (nSPS) is 12.4. The zero-order chi connectivity index (χ0) is 14.1. The summed E-state index contributed by atoms with van der Waals surface area (Å²) in [7, 11) is 1.64. The summed E-state index contributed by atoms with van der Waals surface area (Å²) >= 11 is 5.85. The molecule has 0 aliphatic heterocycles. The van der Waals surface area contributed by atoms with Gasteiger partial charge in [0.05, 0.1) is 13.2 Å². The van der Waals surface area contributed by atoms with Crippen LogP contribution < -0.4 is 15.8 Å². The van der Waals surface area contributed by atoms with Crippen LogP contribution in [0.3, 0.4) is 0 Å². The Morgan fingerprint density at radius 2 is 2.25 bits per heavy atom. The molecule has 1 aromatic rings. The van der Waals surface area contributed by atoms with Gasteiger partial charge >= 0.3 is 0 Å². The summed E-state index contributed by atoms with van der Waals surface area (Å²) in [6.07, 6.45) is 0. The Bertz CT molecular complexity index is 418. The van der Waals surface area contributed by atoms with Crippen molar-refractivity contribution in [3.63, 3.8) is 0 Å². The molecule has 114 valence electrons. The van der Waals surface area contributed by atoms with Crippen LogP contribution in [0.5, 0.6) is 5.75 Å². The molecule has 1 aromatic carbocycles. The summed E-state index contributed by atoms with van der Waals surface area (Å²) in [5.41, 5.74) is 5.72. The first-order chi connectivity index (χ1) is 9.11. The Morgan fingerprint density at radius 3 is 2.90 bits per heavy atom. The minimum atomic E-state index is 0. The Balaban J connectivity index is 0.00000361. The fraction of sp³-hybridized carbons (Fsp3) is 0.462. The Hall–Kier alpha value is -0.730. The van der Waals surface area contributed by atoms with E-state index >= 15 is 0 Å². The Labute approximate surface area is 141 Å². The van der Waals surface area contributed by atoms with Crippen LogP contribution in [-0.4, -0.2) is 38.9 Å². The molecule has 7 heteroatoms. The molecule has 0 amide bonds. The molecule has 3 N–H and O–H groups in total. The highest BCUT2D eigenvalue weighted by atomic mass is 127. The summed E-state index contributed by atoms with van der Waals surface area (Å²) in [4.78, 5) is 4.15. The molecule has 20 heavy (non-hydrogen) atoms. The number of halogens is 2. The average Bonchev–Trinajstić information content (AvgIpc) is 2.35. The largest absolute Gasteiger partial charge is 0.492 e. The van der Waals surface area contributed by atoms with Crippen molar-refractivity contribution in [2.24, 2.45) is 10.7 Å². The van der Waals surface area contributed by atoms with Gasteiger partial charge in [0.2, 0.25) is 0 Å². The predicted molar refractivity (Wildman–Crippen MR) is 93.3 cm³/mol. The smallest absolute Gasteiger partial charge is 0.188 e. The van der Waals surface area contributed by atoms with Crippen molar-refractivity contribution in [2.75, 3.05) is 26.9 Å². The highest BCUT2D eigenvalue weighted by Crippen LogP contribution is 2.16. The second-order valence-electron chi connectivity index (χ2n) is 4.07. The lowest BCUT2D eigenvalue weighted by Crippen LogP contribution is -2.40. The molecular weight excluding hydrogens is 393 g/mol. The maximum atomic E-state index is 5.85. The van der Waals surface area contributed by atoms with Crippen LogP contribution in [0.25, 0.3) is 0 Å². The van der Waals surface area contributed by atoms with E-state index in [1.54, 1.807) is 19.2 Å². The molecule has 0 spiro atoms. The fourth-order valence-corrected chi connectivity index (χ4v) is 1.66. The molecule has 0 fully saturated rings. The van der Waals surface area contributed by atoms with Crippen molar-refractivity contribution < 1.29 is 9.47 Å². The van der Waals surface area contributed by atoms with E-state index in [-0.39, 0.29) is 30.0 Å². The summed E-state index contributed by atoms with van der Waals surface area (Å²) in [5.74, 6) is 1.11. The molecule has 0 aliphatic carbocycles. The first kappa shape index (κ1) is 19.3. The standard InChI is InChI=1S/C13H20ClN3O2.HI/c1-10(9-18-2)17-13(15)16-6-7-19-12-5-3-4-11(14)8-12;/h3-5,8,10H,6-7,9H2,1-2H3,(H3,15,16,17);1H. The van der Waals surface area contributed by atoms with Gasteiger partial charge in [-0.2, -0.15) is 0 Å². The highest BCUT2D eigenvalue weighted by molar-refractivity contribution is 14.0. The molecule has 0 aliphatic rings. The van der Waals surface area contributed by atoms with Crippen molar-refractivity contribution >= 4 is 41.5 Å². The van der Waals surface area contributed by atoms with E-state index in [4.69, 9.17) is 26.8 Å². The average molecular weight is 414 g/mol. The lowest BCUT2D eigenvalue weighted by atomic mass is 10.3. The molecule has 0 heterocycles. The van der Waals surface area contributed by atoms with Gasteiger partial charge in [-0.05, 0) is 25.1 Å². The van der Waals surface area contributed by atoms with Crippen LogP contribution in [0.2, 0.25) is 5.02 Å². The number of nitrogens with one attached hydrogen (secondary N) is 1. The van der Waals surface area contributed by atoms with Gasteiger partial charge in [0.1, 0.15) is 12.4 Å². The number of nitrogens with two attached hydrogens (primary N) is 1.